The molecule has 1 aliphatic rings. The van der Waals surface area contributed by atoms with Crippen molar-refractivity contribution in [1.29, 1.82) is 0 Å². The molecular formula is C31H42O10. The standard InChI is InChI=1S/C31H42O10/c1-30(22-9-11-23(12-10-22)40-20-37-2)19-39-27-18-24(41-21-38-3)13-14-25(27)26(30)8-4-5-15-31(28(33)34,29(35)36)16-6-7-17-32/h9-14,18,26,32H,4-8,15-17,19-21H2,1-3H3,(H,33,34)(H,35,36). The Morgan fingerprint density at radius 2 is 1.49 bits per heavy atom. The van der Waals surface area contributed by atoms with Crippen molar-refractivity contribution in [2.45, 2.75) is 63.2 Å². The van der Waals surface area contributed by atoms with Gasteiger partial charge in [0, 0.05) is 38.2 Å². The number of benzene rings is 2. The second-order valence-electron chi connectivity index (χ2n) is 10.7. The third kappa shape index (κ3) is 7.69. The normalized spacial score (nSPS) is 18.3. The van der Waals surface area contributed by atoms with Crippen LogP contribution in [0.15, 0.2) is 42.5 Å². The van der Waals surface area contributed by atoms with Crippen LogP contribution in [0.5, 0.6) is 17.2 Å². The van der Waals surface area contributed by atoms with Crippen LogP contribution in [0, 0.1) is 5.41 Å². The highest BCUT2D eigenvalue weighted by molar-refractivity contribution is 5.98. The number of aliphatic hydroxyl groups is 1. The molecule has 0 fully saturated rings. The average Bonchev–Trinajstić information content (AvgIpc) is 2.97. The van der Waals surface area contributed by atoms with Crippen LogP contribution in [0.1, 0.15) is 68.9 Å². The predicted octanol–water partition coefficient (Wildman–Crippen LogP) is 4.96. The zero-order valence-corrected chi connectivity index (χ0v) is 24.1. The third-order valence-electron chi connectivity index (χ3n) is 8.03. The summed E-state index contributed by atoms with van der Waals surface area (Å²) in [6.45, 7) is 2.72. The predicted molar refractivity (Wildman–Crippen MR) is 151 cm³/mol. The Kier molecular flexibility index (Phi) is 11.8. The molecule has 0 saturated heterocycles. The summed E-state index contributed by atoms with van der Waals surface area (Å²) in [4.78, 5) is 24.2. The van der Waals surface area contributed by atoms with Gasteiger partial charge in [0.25, 0.3) is 0 Å². The molecule has 0 aliphatic carbocycles. The molecule has 1 aliphatic heterocycles. The minimum Gasteiger partial charge on any atom is -0.492 e. The second kappa shape index (κ2) is 15.0. The van der Waals surface area contributed by atoms with Crippen LogP contribution in [0.3, 0.4) is 0 Å². The summed E-state index contributed by atoms with van der Waals surface area (Å²) in [5, 5.41) is 28.8. The molecule has 0 spiro atoms. The van der Waals surface area contributed by atoms with Crippen LogP contribution in [0.2, 0.25) is 0 Å². The Labute approximate surface area is 241 Å². The van der Waals surface area contributed by atoms with Crippen molar-refractivity contribution < 1.29 is 48.6 Å². The first-order valence-electron chi connectivity index (χ1n) is 13.9. The number of aliphatic hydroxyl groups excluding tert-OH is 1. The maximum atomic E-state index is 12.1. The molecule has 2 unspecified atom stereocenters. The summed E-state index contributed by atoms with van der Waals surface area (Å²) < 4.78 is 27.4. The van der Waals surface area contributed by atoms with Gasteiger partial charge in [-0.15, -0.1) is 0 Å². The lowest BCUT2D eigenvalue weighted by atomic mass is 9.66. The zero-order chi connectivity index (χ0) is 29.9. The summed E-state index contributed by atoms with van der Waals surface area (Å²) in [7, 11) is 3.12. The highest BCUT2D eigenvalue weighted by atomic mass is 16.7. The van der Waals surface area contributed by atoms with Crippen molar-refractivity contribution in [2.75, 3.05) is 41.0 Å². The molecule has 10 nitrogen and oxygen atoms in total. The lowest BCUT2D eigenvalue weighted by molar-refractivity contribution is -0.166. The number of fused-ring (bicyclic) bond motifs is 1. The smallest absolute Gasteiger partial charge is 0.321 e. The van der Waals surface area contributed by atoms with E-state index in [1.165, 1.54) is 0 Å². The van der Waals surface area contributed by atoms with Gasteiger partial charge in [0.15, 0.2) is 19.0 Å². The van der Waals surface area contributed by atoms with Crippen LogP contribution in [0.25, 0.3) is 0 Å². The molecule has 41 heavy (non-hydrogen) atoms. The maximum Gasteiger partial charge on any atom is 0.321 e. The first-order chi connectivity index (χ1) is 19.7. The zero-order valence-electron chi connectivity index (χ0n) is 24.1. The van der Waals surface area contributed by atoms with E-state index < -0.39 is 22.8 Å². The number of hydrogen-bond donors (Lipinski definition) is 3. The summed E-state index contributed by atoms with van der Waals surface area (Å²) in [5.41, 5.74) is -0.210. The molecule has 0 bridgehead atoms. The van der Waals surface area contributed by atoms with E-state index in [-0.39, 0.29) is 39.0 Å². The van der Waals surface area contributed by atoms with E-state index in [1.54, 1.807) is 14.2 Å². The molecule has 0 aromatic heterocycles. The van der Waals surface area contributed by atoms with Gasteiger partial charge in [0.05, 0.1) is 6.61 Å². The highest BCUT2D eigenvalue weighted by Gasteiger charge is 2.46. The van der Waals surface area contributed by atoms with Gasteiger partial charge >= 0.3 is 11.9 Å². The lowest BCUT2D eigenvalue weighted by Gasteiger charge is -2.43. The fraction of sp³-hybridized carbons (Fsp3) is 0.548. The number of rotatable bonds is 18. The molecule has 3 N–H and O–H groups in total. The minimum atomic E-state index is -1.86. The molecule has 2 atom stereocenters. The molecular weight excluding hydrogens is 532 g/mol. The Morgan fingerprint density at radius 3 is 2.07 bits per heavy atom. The maximum absolute atomic E-state index is 12.1. The number of carboxylic acid groups (broad SMARTS) is 2. The highest BCUT2D eigenvalue weighted by Crippen LogP contribution is 2.50. The summed E-state index contributed by atoms with van der Waals surface area (Å²) >= 11 is 0. The molecule has 0 amide bonds. The monoisotopic (exact) mass is 574 g/mol. The number of hydrogen-bond acceptors (Lipinski definition) is 8. The average molecular weight is 575 g/mol. The fourth-order valence-electron chi connectivity index (χ4n) is 5.59. The van der Waals surface area contributed by atoms with E-state index in [4.69, 9.17) is 28.8 Å². The quantitative estimate of drug-likeness (QED) is 0.127. The lowest BCUT2D eigenvalue weighted by Crippen LogP contribution is -2.41. The molecule has 0 radical (unpaired) electrons. The summed E-state index contributed by atoms with van der Waals surface area (Å²) in [6.07, 6.45) is 2.45. The molecule has 0 saturated carbocycles. The van der Waals surface area contributed by atoms with Crippen molar-refractivity contribution >= 4 is 11.9 Å². The van der Waals surface area contributed by atoms with Gasteiger partial charge < -0.3 is 39.0 Å². The summed E-state index contributed by atoms with van der Waals surface area (Å²) in [6, 6.07) is 13.5. The van der Waals surface area contributed by atoms with Crippen molar-refractivity contribution in [1.82, 2.24) is 0 Å². The van der Waals surface area contributed by atoms with Crippen LogP contribution in [-0.2, 0) is 24.5 Å². The second-order valence-corrected chi connectivity index (χ2v) is 10.7. The van der Waals surface area contributed by atoms with Gasteiger partial charge in [-0.25, -0.2) is 0 Å². The van der Waals surface area contributed by atoms with E-state index in [9.17, 15) is 19.8 Å². The van der Waals surface area contributed by atoms with Gasteiger partial charge in [-0.3, -0.25) is 9.59 Å². The van der Waals surface area contributed by atoms with Crippen LogP contribution in [0.4, 0.5) is 0 Å². The van der Waals surface area contributed by atoms with Gasteiger partial charge in [0.2, 0.25) is 0 Å². The van der Waals surface area contributed by atoms with Gasteiger partial charge in [0.1, 0.15) is 17.2 Å². The number of carbonyl (C=O) groups is 2. The van der Waals surface area contributed by atoms with E-state index in [2.05, 4.69) is 6.92 Å². The SMILES string of the molecule is COCOc1ccc(C2(C)COc3cc(OCOC)ccc3C2CCCCC(CCCCO)(C(=O)O)C(=O)O)cc1. The molecule has 1 heterocycles. The fourth-order valence-corrected chi connectivity index (χ4v) is 5.59. The van der Waals surface area contributed by atoms with Gasteiger partial charge in [-0.05, 0) is 61.4 Å². The topological polar surface area (TPSA) is 141 Å². The number of methoxy groups -OCH3 is 2. The number of aliphatic carboxylic acids is 2. The Morgan fingerprint density at radius 1 is 0.902 bits per heavy atom. The van der Waals surface area contributed by atoms with Crippen LogP contribution >= 0.6 is 0 Å². The Hall–Kier alpha value is -3.34. The van der Waals surface area contributed by atoms with Crippen LogP contribution < -0.4 is 14.2 Å². The Balaban J connectivity index is 1.85. The Bertz CT molecular complexity index is 1120. The summed E-state index contributed by atoms with van der Waals surface area (Å²) in [5.74, 6) is -0.620. The molecule has 226 valence electrons. The van der Waals surface area contributed by atoms with E-state index >= 15 is 0 Å². The van der Waals surface area contributed by atoms with Crippen LogP contribution in [-0.4, -0.2) is 68.3 Å². The number of ether oxygens (including phenoxy) is 5. The third-order valence-corrected chi connectivity index (χ3v) is 8.03. The van der Waals surface area contributed by atoms with Crippen molar-refractivity contribution in [3.63, 3.8) is 0 Å². The molecule has 2 aromatic carbocycles. The molecule has 3 rings (SSSR count). The van der Waals surface area contributed by atoms with Crippen molar-refractivity contribution in [3.05, 3.63) is 53.6 Å². The first-order valence-corrected chi connectivity index (χ1v) is 13.9. The number of carboxylic acids is 2. The van der Waals surface area contributed by atoms with E-state index in [0.29, 0.717) is 50.2 Å². The van der Waals surface area contributed by atoms with Gasteiger partial charge in [-0.1, -0.05) is 38.0 Å². The molecule has 2 aromatic rings. The van der Waals surface area contributed by atoms with E-state index in [1.807, 2.05) is 42.5 Å². The van der Waals surface area contributed by atoms with Crippen molar-refractivity contribution in [2.24, 2.45) is 5.41 Å². The minimum absolute atomic E-state index is 0.00640. The first kappa shape index (κ1) is 32.2. The largest absolute Gasteiger partial charge is 0.492 e. The van der Waals surface area contributed by atoms with E-state index in [0.717, 1.165) is 16.9 Å². The van der Waals surface area contributed by atoms with Gasteiger partial charge in [-0.2, -0.15) is 0 Å². The van der Waals surface area contributed by atoms with Crippen molar-refractivity contribution in [3.8, 4) is 17.2 Å². The molecule has 10 heteroatoms. The number of unbranched alkanes of at least 4 members (excludes halogenated alkanes) is 2.